The number of carbonyl (C=O) groups is 1. The highest BCUT2D eigenvalue weighted by Crippen LogP contribution is 2.44. The molecule has 220 valence electrons. The highest BCUT2D eigenvalue weighted by atomic mass is 16.5. The molecule has 4 rings (SSSR count). The van der Waals surface area contributed by atoms with Gasteiger partial charge in [-0.05, 0) is 69.7 Å². The van der Waals surface area contributed by atoms with Crippen molar-refractivity contribution in [1.29, 1.82) is 0 Å². The van der Waals surface area contributed by atoms with Crippen molar-refractivity contribution in [2.75, 3.05) is 33.3 Å². The summed E-state index contributed by atoms with van der Waals surface area (Å²) in [6.07, 6.45) is 10.9. The predicted molar refractivity (Wildman–Crippen MR) is 160 cm³/mol. The van der Waals surface area contributed by atoms with Gasteiger partial charge in [-0.1, -0.05) is 68.5 Å². The quantitative estimate of drug-likeness (QED) is 0.236. The van der Waals surface area contributed by atoms with Crippen LogP contribution in [0.2, 0.25) is 0 Å². The van der Waals surface area contributed by atoms with Crippen molar-refractivity contribution in [3.8, 4) is 11.5 Å². The minimum absolute atomic E-state index is 0.0349. The molecule has 40 heavy (non-hydrogen) atoms. The zero-order chi connectivity index (χ0) is 28.2. The maximum absolute atomic E-state index is 13.6. The summed E-state index contributed by atoms with van der Waals surface area (Å²) in [5.74, 6) is 1.88. The first kappa shape index (κ1) is 30.4. The van der Waals surface area contributed by atoms with Crippen molar-refractivity contribution >= 4 is 6.03 Å². The summed E-state index contributed by atoms with van der Waals surface area (Å²) >= 11 is 0. The Morgan fingerprint density at radius 2 is 1.77 bits per heavy atom. The first-order valence-electron chi connectivity index (χ1n) is 15.4. The number of nitrogens with one attached hydrogen (secondary N) is 2. The Labute approximate surface area is 240 Å². The van der Waals surface area contributed by atoms with Crippen molar-refractivity contribution in [3.05, 3.63) is 60.2 Å². The third-order valence-corrected chi connectivity index (χ3v) is 8.80. The number of piperidine rings is 1. The fraction of sp³-hybridized carbons (Fsp3) is 0.606. The molecule has 1 aliphatic heterocycles. The molecule has 7 heteroatoms. The maximum atomic E-state index is 13.6. The molecule has 2 amide bonds. The van der Waals surface area contributed by atoms with Gasteiger partial charge in [0.15, 0.2) is 0 Å². The molecular formula is C33H49N3O4. The van der Waals surface area contributed by atoms with E-state index in [0.29, 0.717) is 49.8 Å². The van der Waals surface area contributed by atoms with Gasteiger partial charge in [0.2, 0.25) is 0 Å². The lowest BCUT2D eigenvalue weighted by molar-refractivity contribution is -0.0573. The number of likely N-dealkylation sites (N-methyl/N-ethyl adjacent to an activating group) is 1. The second kappa shape index (κ2) is 15.4. The second-order valence-electron chi connectivity index (χ2n) is 11.7. The number of amides is 2. The summed E-state index contributed by atoms with van der Waals surface area (Å²) in [7, 11) is 1.94. The molecule has 0 spiro atoms. The summed E-state index contributed by atoms with van der Waals surface area (Å²) in [5, 5.41) is 28.5. The predicted octanol–water partition coefficient (Wildman–Crippen LogP) is 5.81. The fourth-order valence-electron chi connectivity index (χ4n) is 6.68. The van der Waals surface area contributed by atoms with Crippen LogP contribution in [-0.4, -0.2) is 60.5 Å². The number of carbonyl (C=O) groups excluding carboxylic acids is 1. The van der Waals surface area contributed by atoms with Crippen LogP contribution in [0.5, 0.6) is 11.5 Å². The number of nitrogens with zero attached hydrogens (tertiary/aromatic N) is 1. The second-order valence-corrected chi connectivity index (χ2v) is 11.7. The van der Waals surface area contributed by atoms with E-state index in [1.807, 2.05) is 66.5 Å². The number of likely N-dealkylation sites (tertiary alicyclic amines) is 1. The number of aliphatic hydroxyl groups excluding tert-OH is 1. The van der Waals surface area contributed by atoms with Crippen LogP contribution in [0.15, 0.2) is 54.6 Å². The van der Waals surface area contributed by atoms with Gasteiger partial charge in [-0.25, -0.2) is 4.79 Å². The minimum Gasteiger partial charge on any atom is -0.457 e. The summed E-state index contributed by atoms with van der Waals surface area (Å²) in [5.41, 5.74) is -0.444. The standard InChI is InChI=1S/C33H49N3O4/c1-34-24-28(23-26-13-4-2-5-14-26)35-32(38)36-21-12-15-27(25-36)33(39,20-10-11-22-37)30-18-8-9-19-31(30)40-29-16-6-3-7-17-29/h3,6-9,16-19,26-28,34,37,39H,2,4-5,10-15,20-25H2,1H3,(H,35,38)/t27-,28+,33+/m1/s1. The Balaban J connectivity index is 1.51. The molecule has 0 aromatic heterocycles. The topological polar surface area (TPSA) is 94.1 Å². The lowest BCUT2D eigenvalue weighted by Gasteiger charge is -2.43. The molecule has 2 fully saturated rings. The average molecular weight is 552 g/mol. The van der Waals surface area contributed by atoms with Crippen LogP contribution >= 0.6 is 0 Å². The van der Waals surface area contributed by atoms with Gasteiger partial charge in [-0.3, -0.25) is 0 Å². The van der Waals surface area contributed by atoms with E-state index in [-0.39, 0.29) is 24.6 Å². The fourth-order valence-corrected chi connectivity index (χ4v) is 6.68. The summed E-state index contributed by atoms with van der Waals surface area (Å²) < 4.78 is 6.27. The zero-order valence-electron chi connectivity index (χ0n) is 24.2. The van der Waals surface area contributed by atoms with Gasteiger partial charge in [0.25, 0.3) is 0 Å². The van der Waals surface area contributed by atoms with Crippen molar-refractivity contribution in [1.82, 2.24) is 15.5 Å². The van der Waals surface area contributed by atoms with E-state index in [9.17, 15) is 15.0 Å². The van der Waals surface area contributed by atoms with E-state index in [0.717, 1.165) is 31.4 Å². The van der Waals surface area contributed by atoms with E-state index >= 15 is 0 Å². The summed E-state index contributed by atoms with van der Waals surface area (Å²) in [4.78, 5) is 15.4. The molecule has 2 aromatic rings. The van der Waals surface area contributed by atoms with Crippen LogP contribution in [0.1, 0.15) is 76.2 Å². The molecule has 1 aliphatic carbocycles. The molecule has 7 nitrogen and oxygen atoms in total. The zero-order valence-corrected chi connectivity index (χ0v) is 24.2. The van der Waals surface area contributed by atoms with E-state index in [1.54, 1.807) is 0 Å². The van der Waals surface area contributed by atoms with Gasteiger partial charge >= 0.3 is 6.03 Å². The first-order valence-corrected chi connectivity index (χ1v) is 15.4. The number of rotatable bonds is 13. The van der Waals surface area contributed by atoms with Crippen LogP contribution in [0, 0.1) is 11.8 Å². The number of hydrogen-bond donors (Lipinski definition) is 4. The molecule has 2 aliphatic rings. The van der Waals surface area contributed by atoms with Crippen molar-refractivity contribution in [2.24, 2.45) is 11.8 Å². The van der Waals surface area contributed by atoms with Gasteiger partial charge in [0, 0.05) is 43.8 Å². The number of urea groups is 1. The van der Waals surface area contributed by atoms with Crippen LogP contribution < -0.4 is 15.4 Å². The van der Waals surface area contributed by atoms with Gasteiger partial charge in [0.1, 0.15) is 11.5 Å². The molecule has 0 bridgehead atoms. The van der Waals surface area contributed by atoms with Crippen molar-refractivity contribution < 1.29 is 19.7 Å². The van der Waals surface area contributed by atoms with E-state index < -0.39 is 5.60 Å². The molecule has 4 N–H and O–H groups in total. The Kier molecular flexibility index (Phi) is 11.7. The largest absolute Gasteiger partial charge is 0.457 e. The number of aliphatic hydroxyl groups is 2. The number of para-hydroxylation sites is 2. The molecule has 0 unspecified atom stereocenters. The van der Waals surface area contributed by atoms with Crippen molar-refractivity contribution in [2.45, 2.75) is 82.3 Å². The van der Waals surface area contributed by atoms with Gasteiger partial charge in [-0.2, -0.15) is 0 Å². The van der Waals surface area contributed by atoms with Gasteiger partial charge < -0.3 is 30.5 Å². The Hall–Kier alpha value is -2.61. The van der Waals surface area contributed by atoms with Crippen molar-refractivity contribution in [3.63, 3.8) is 0 Å². The van der Waals surface area contributed by atoms with Crippen LogP contribution in [0.4, 0.5) is 4.79 Å². The molecule has 1 saturated carbocycles. The van der Waals surface area contributed by atoms with Gasteiger partial charge in [-0.15, -0.1) is 0 Å². The van der Waals surface area contributed by atoms with Gasteiger partial charge in [0.05, 0.1) is 5.60 Å². The number of hydrogen-bond acceptors (Lipinski definition) is 5. The minimum atomic E-state index is -1.19. The lowest BCUT2D eigenvalue weighted by atomic mass is 9.73. The smallest absolute Gasteiger partial charge is 0.317 e. The Morgan fingerprint density at radius 3 is 2.52 bits per heavy atom. The highest BCUT2D eigenvalue weighted by Gasteiger charge is 2.43. The third-order valence-electron chi connectivity index (χ3n) is 8.80. The highest BCUT2D eigenvalue weighted by molar-refractivity contribution is 5.74. The van der Waals surface area contributed by atoms with Crippen LogP contribution in [0.25, 0.3) is 0 Å². The Morgan fingerprint density at radius 1 is 1.02 bits per heavy atom. The molecular weight excluding hydrogens is 502 g/mol. The molecule has 1 saturated heterocycles. The molecule has 3 atom stereocenters. The number of unbranched alkanes of at least 4 members (excludes halogenated alkanes) is 1. The van der Waals surface area contributed by atoms with E-state index in [4.69, 9.17) is 4.74 Å². The monoisotopic (exact) mass is 551 g/mol. The average Bonchev–Trinajstić information content (AvgIpc) is 2.99. The summed E-state index contributed by atoms with van der Waals surface area (Å²) in [6, 6.07) is 17.4. The molecule has 1 heterocycles. The third kappa shape index (κ3) is 8.21. The van der Waals surface area contributed by atoms with E-state index in [1.165, 1.54) is 32.1 Å². The lowest BCUT2D eigenvalue weighted by Crippen LogP contribution is -2.54. The SMILES string of the molecule is CNC[C@H](CC1CCCCC1)NC(=O)N1CCC[C@@H]([C@@](O)(CCCCO)c2ccccc2Oc2ccccc2)C1. The number of benzene rings is 2. The van der Waals surface area contributed by atoms with E-state index in [2.05, 4.69) is 10.6 Å². The Bertz CT molecular complexity index is 1030. The number of ether oxygens (including phenoxy) is 1. The van der Waals surface area contributed by atoms with Crippen LogP contribution in [-0.2, 0) is 5.60 Å². The first-order chi connectivity index (χ1) is 19.5. The summed E-state index contributed by atoms with van der Waals surface area (Å²) in [6.45, 7) is 2.02. The normalized spacial score (nSPS) is 20.5. The molecule has 0 radical (unpaired) electrons. The molecule has 2 aromatic carbocycles. The van der Waals surface area contributed by atoms with Crippen LogP contribution in [0.3, 0.4) is 0 Å². The maximum Gasteiger partial charge on any atom is 0.317 e.